The molecule has 0 aliphatic rings. The lowest BCUT2D eigenvalue weighted by Crippen LogP contribution is -1.78. The molecule has 2 rings (SSSR count). The zero-order valence-electron chi connectivity index (χ0n) is 11.4. The fraction of sp³-hybridized carbons (Fsp3) is 0.267. The van der Waals surface area contributed by atoms with Crippen molar-refractivity contribution in [1.82, 2.24) is 0 Å². The molecule has 0 spiro atoms. The topological polar surface area (TPSA) is 57.5 Å². The van der Waals surface area contributed by atoms with Crippen LogP contribution in [-0.2, 0) is 4.79 Å². The molecule has 0 saturated heterocycles. The molecule has 2 N–H and O–H groups in total. The van der Waals surface area contributed by atoms with Gasteiger partial charge in [0, 0.05) is 14.0 Å². The Bertz CT molecular complexity index is 355. The second-order valence-electron chi connectivity index (χ2n) is 2.87. The minimum absolute atomic E-state index is 0.833. The van der Waals surface area contributed by atoms with Crippen LogP contribution in [0.3, 0.4) is 0 Å². The lowest BCUT2D eigenvalue weighted by molar-refractivity contribution is -0.134. The van der Waals surface area contributed by atoms with Crippen LogP contribution < -0.4 is 0 Å². The van der Waals surface area contributed by atoms with Gasteiger partial charge in [-0.25, -0.2) is 0 Å². The van der Waals surface area contributed by atoms with Crippen molar-refractivity contribution in [3.63, 3.8) is 0 Å². The molecular formula is C15H22O3. The van der Waals surface area contributed by atoms with Crippen LogP contribution in [-0.4, -0.2) is 23.3 Å². The first-order valence-corrected chi connectivity index (χ1v) is 5.78. The van der Waals surface area contributed by atoms with E-state index in [0.717, 1.165) is 14.0 Å². The first-order valence-electron chi connectivity index (χ1n) is 5.78. The van der Waals surface area contributed by atoms with Gasteiger partial charge in [0.15, 0.2) is 0 Å². The van der Waals surface area contributed by atoms with Crippen LogP contribution in [0.15, 0.2) is 48.5 Å². The van der Waals surface area contributed by atoms with Gasteiger partial charge in [-0.2, -0.15) is 0 Å². The van der Waals surface area contributed by atoms with Gasteiger partial charge in [-0.05, 0) is 10.8 Å². The van der Waals surface area contributed by atoms with Crippen molar-refractivity contribution in [3.05, 3.63) is 48.5 Å². The largest absolute Gasteiger partial charge is 0.481 e. The van der Waals surface area contributed by atoms with Gasteiger partial charge in [0.25, 0.3) is 5.97 Å². The van der Waals surface area contributed by atoms with E-state index in [4.69, 9.17) is 15.0 Å². The van der Waals surface area contributed by atoms with Gasteiger partial charge in [-0.3, -0.25) is 4.79 Å². The quantitative estimate of drug-likeness (QED) is 0.751. The van der Waals surface area contributed by atoms with Crippen LogP contribution in [0.4, 0.5) is 0 Å². The fourth-order valence-electron chi connectivity index (χ4n) is 1.13. The number of rotatable bonds is 0. The highest BCUT2D eigenvalue weighted by Gasteiger charge is 1.85. The summed E-state index contributed by atoms with van der Waals surface area (Å²) in [5, 5.41) is 17.0. The second kappa shape index (κ2) is 13.2. The van der Waals surface area contributed by atoms with E-state index < -0.39 is 5.97 Å². The minimum atomic E-state index is -0.833. The SMILES string of the molecule is CC.CC(=O)O.CO.c1ccc2ccccc2c1. The normalized spacial score (nSPS) is 7.61. The van der Waals surface area contributed by atoms with Crippen LogP contribution >= 0.6 is 0 Å². The fourth-order valence-corrected chi connectivity index (χ4v) is 1.13. The van der Waals surface area contributed by atoms with Gasteiger partial charge in [-0.15, -0.1) is 0 Å². The molecule has 3 heteroatoms. The molecule has 2 aromatic rings. The maximum absolute atomic E-state index is 9.00. The van der Waals surface area contributed by atoms with Gasteiger partial charge in [0.2, 0.25) is 0 Å². The molecule has 2 aromatic carbocycles. The number of hydrogen-bond acceptors (Lipinski definition) is 2. The van der Waals surface area contributed by atoms with Gasteiger partial charge in [0.1, 0.15) is 0 Å². The third kappa shape index (κ3) is 9.36. The van der Waals surface area contributed by atoms with Crippen LogP contribution in [0.1, 0.15) is 20.8 Å². The predicted octanol–water partition coefficient (Wildman–Crippen LogP) is 3.57. The van der Waals surface area contributed by atoms with Crippen LogP contribution in [0.5, 0.6) is 0 Å². The average molecular weight is 250 g/mol. The molecule has 3 nitrogen and oxygen atoms in total. The van der Waals surface area contributed by atoms with Crippen molar-refractivity contribution in [2.45, 2.75) is 20.8 Å². The lowest BCUT2D eigenvalue weighted by Gasteiger charge is -1.92. The summed E-state index contributed by atoms with van der Waals surface area (Å²) < 4.78 is 0. The summed E-state index contributed by atoms with van der Waals surface area (Å²) in [5.74, 6) is -0.833. The van der Waals surface area contributed by atoms with Crippen LogP contribution in [0.2, 0.25) is 0 Å². The van der Waals surface area contributed by atoms with Gasteiger partial charge in [-0.1, -0.05) is 62.4 Å². The Morgan fingerprint density at radius 1 is 0.833 bits per heavy atom. The zero-order valence-corrected chi connectivity index (χ0v) is 11.4. The Kier molecular flexibility index (Phi) is 13.6. The average Bonchev–Trinajstić information content (AvgIpc) is 2.43. The molecule has 0 amide bonds. The Labute approximate surface area is 109 Å². The first kappa shape index (κ1) is 18.5. The molecule has 0 saturated carbocycles. The Morgan fingerprint density at radius 2 is 1.00 bits per heavy atom. The number of carboxylic acid groups (broad SMARTS) is 1. The Morgan fingerprint density at radius 3 is 1.17 bits per heavy atom. The molecule has 0 aliphatic heterocycles. The molecular weight excluding hydrogens is 228 g/mol. The van der Waals surface area contributed by atoms with Crippen LogP contribution in [0.25, 0.3) is 10.8 Å². The van der Waals surface area contributed by atoms with E-state index in [-0.39, 0.29) is 0 Å². The van der Waals surface area contributed by atoms with Gasteiger partial charge < -0.3 is 10.2 Å². The number of carboxylic acids is 1. The Balaban J connectivity index is 0. The minimum Gasteiger partial charge on any atom is -0.481 e. The third-order valence-corrected chi connectivity index (χ3v) is 1.66. The number of aliphatic hydroxyl groups is 1. The maximum Gasteiger partial charge on any atom is 0.300 e. The van der Waals surface area contributed by atoms with Crippen molar-refractivity contribution < 1.29 is 15.0 Å². The van der Waals surface area contributed by atoms with Crippen molar-refractivity contribution in [2.24, 2.45) is 0 Å². The number of fused-ring (bicyclic) bond motifs is 1. The van der Waals surface area contributed by atoms with Crippen molar-refractivity contribution in [1.29, 1.82) is 0 Å². The van der Waals surface area contributed by atoms with E-state index >= 15 is 0 Å². The maximum atomic E-state index is 9.00. The van der Waals surface area contributed by atoms with E-state index in [2.05, 4.69) is 48.5 Å². The number of carbonyl (C=O) groups is 1. The summed E-state index contributed by atoms with van der Waals surface area (Å²) in [6.07, 6.45) is 0. The summed E-state index contributed by atoms with van der Waals surface area (Å²) in [6.45, 7) is 5.08. The van der Waals surface area contributed by atoms with Crippen molar-refractivity contribution >= 4 is 16.7 Å². The van der Waals surface area contributed by atoms with Crippen molar-refractivity contribution in [2.75, 3.05) is 7.11 Å². The number of hydrogen-bond donors (Lipinski definition) is 2. The highest BCUT2D eigenvalue weighted by atomic mass is 16.4. The monoisotopic (exact) mass is 250 g/mol. The van der Waals surface area contributed by atoms with E-state index in [1.807, 2.05) is 13.8 Å². The molecule has 0 radical (unpaired) electrons. The Hall–Kier alpha value is -1.87. The number of aliphatic hydroxyl groups excluding tert-OH is 1. The molecule has 0 aromatic heterocycles. The predicted molar refractivity (Wildman–Crippen MR) is 76.7 cm³/mol. The lowest BCUT2D eigenvalue weighted by atomic mass is 10.1. The molecule has 0 bridgehead atoms. The standard InChI is InChI=1S/C10H8.C2H4O2.C2H6.CH4O/c1-2-6-10-8-4-3-7-9(10)5-1;1-2(3)4;2*1-2/h1-8H;1H3,(H,3,4);1-2H3;2H,1H3. The summed E-state index contributed by atoms with van der Waals surface area (Å²) >= 11 is 0. The van der Waals surface area contributed by atoms with Crippen molar-refractivity contribution in [3.8, 4) is 0 Å². The zero-order chi connectivity index (χ0) is 14.4. The summed E-state index contributed by atoms with van der Waals surface area (Å²) in [6, 6.07) is 16.7. The molecule has 18 heavy (non-hydrogen) atoms. The number of benzene rings is 2. The molecule has 0 fully saturated rings. The molecule has 0 unspecified atom stereocenters. The summed E-state index contributed by atoms with van der Waals surface area (Å²) in [5.41, 5.74) is 0. The molecule has 0 aliphatic carbocycles. The highest BCUT2D eigenvalue weighted by Crippen LogP contribution is 2.11. The summed E-state index contributed by atoms with van der Waals surface area (Å²) in [4.78, 5) is 9.00. The van der Waals surface area contributed by atoms with E-state index in [9.17, 15) is 0 Å². The van der Waals surface area contributed by atoms with Gasteiger partial charge >= 0.3 is 0 Å². The molecule has 0 atom stereocenters. The highest BCUT2D eigenvalue weighted by molar-refractivity contribution is 5.81. The van der Waals surface area contributed by atoms with E-state index in [1.165, 1.54) is 10.8 Å². The van der Waals surface area contributed by atoms with E-state index in [1.54, 1.807) is 0 Å². The van der Waals surface area contributed by atoms with Gasteiger partial charge in [0.05, 0.1) is 0 Å². The molecule has 0 heterocycles. The third-order valence-electron chi connectivity index (χ3n) is 1.66. The summed E-state index contributed by atoms with van der Waals surface area (Å²) in [7, 11) is 1.00. The van der Waals surface area contributed by atoms with Crippen LogP contribution in [0, 0.1) is 0 Å². The smallest absolute Gasteiger partial charge is 0.300 e. The number of aliphatic carboxylic acids is 1. The second-order valence-corrected chi connectivity index (χ2v) is 2.87. The molecule has 100 valence electrons. The van der Waals surface area contributed by atoms with E-state index in [0.29, 0.717) is 0 Å². The first-order chi connectivity index (χ1) is 8.70.